The predicted octanol–water partition coefficient (Wildman–Crippen LogP) is 1.74. The van der Waals surface area contributed by atoms with Gasteiger partial charge in [-0.3, -0.25) is 16.0 Å². The molecule has 21 heavy (non-hydrogen) atoms. The fourth-order valence-electron chi connectivity index (χ4n) is 2.05. The molecule has 0 bridgehead atoms. The monoisotopic (exact) mass is 316 g/mol. The van der Waals surface area contributed by atoms with E-state index in [1.807, 2.05) is 6.92 Å². The van der Waals surface area contributed by atoms with Crippen LogP contribution >= 0.6 is 0 Å². The summed E-state index contributed by atoms with van der Waals surface area (Å²) in [5.74, 6) is 5.17. The zero-order chi connectivity index (χ0) is 16.3. The number of hydrazine groups is 1. The summed E-state index contributed by atoms with van der Waals surface area (Å²) in [6.45, 7) is 5.47. The quantitative estimate of drug-likeness (QED) is 0.399. The normalized spacial score (nSPS) is 12.2. The number of nitrogens with two attached hydrogens (primary N) is 1. The van der Waals surface area contributed by atoms with Crippen LogP contribution in [0.4, 0.5) is 11.4 Å². The molecule has 9 heteroatoms. The van der Waals surface area contributed by atoms with E-state index >= 15 is 0 Å². The lowest BCUT2D eigenvalue weighted by atomic mass is 10.0. The zero-order valence-electron chi connectivity index (χ0n) is 12.2. The molecule has 1 aromatic rings. The van der Waals surface area contributed by atoms with E-state index in [0.717, 1.165) is 12.5 Å². The van der Waals surface area contributed by atoms with Gasteiger partial charge in [-0.25, -0.2) is 13.1 Å². The van der Waals surface area contributed by atoms with E-state index in [-0.39, 0.29) is 10.6 Å². The molecular formula is C12H20N4O4S. The highest BCUT2D eigenvalue weighted by atomic mass is 32.2. The molecule has 8 nitrogen and oxygen atoms in total. The number of benzene rings is 1. The molecule has 1 aromatic carbocycles. The number of nitrogens with zero attached hydrogens (tertiary/aromatic N) is 1. The molecule has 0 radical (unpaired) electrons. The highest BCUT2D eigenvalue weighted by Crippen LogP contribution is 2.27. The van der Waals surface area contributed by atoms with Gasteiger partial charge in [-0.05, 0) is 32.4 Å². The first kappa shape index (κ1) is 17.3. The van der Waals surface area contributed by atoms with Crippen LogP contribution in [0, 0.1) is 10.1 Å². The zero-order valence-corrected chi connectivity index (χ0v) is 13.0. The van der Waals surface area contributed by atoms with Crippen molar-refractivity contribution >= 4 is 21.4 Å². The third-order valence-electron chi connectivity index (χ3n) is 2.92. The number of sulfonamides is 1. The average molecular weight is 316 g/mol. The summed E-state index contributed by atoms with van der Waals surface area (Å²) in [4.78, 5) is 10.1. The summed E-state index contributed by atoms with van der Waals surface area (Å²) in [7, 11) is -3.84. The molecule has 0 aliphatic carbocycles. The molecule has 4 N–H and O–H groups in total. The van der Waals surface area contributed by atoms with Crippen molar-refractivity contribution in [3.63, 3.8) is 0 Å². The van der Waals surface area contributed by atoms with Gasteiger partial charge in [0.1, 0.15) is 5.69 Å². The van der Waals surface area contributed by atoms with Crippen LogP contribution in [0.5, 0.6) is 0 Å². The van der Waals surface area contributed by atoms with Gasteiger partial charge in [0.25, 0.3) is 5.69 Å². The summed E-state index contributed by atoms with van der Waals surface area (Å²) in [6, 6.07) is 3.52. The van der Waals surface area contributed by atoms with E-state index in [9.17, 15) is 18.5 Å². The van der Waals surface area contributed by atoms with Crippen molar-refractivity contribution in [2.45, 2.75) is 44.0 Å². The third-order valence-corrected chi connectivity index (χ3v) is 4.61. The third kappa shape index (κ3) is 4.38. The second-order valence-electron chi connectivity index (χ2n) is 5.32. The van der Waals surface area contributed by atoms with Crippen LogP contribution in [0.15, 0.2) is 23.1 Å². The van der Waals surface area contributed by atoms with Crippen molar-refractivity contribution in [2.75, 3.05) is 5.43 Å². The van der Waals surface area contributed by atoms with Gasteiger partial charge in [-0.15, -0.1) is 0 Å². The molecule has 0 aromatic heterocycles. The predicted molar refractivity (Wildman–Crippen MR) is 80.2 cm³/mol. The molecule has 0 aliphatic heterocycles. The number of nitrogens with one attached hydrogen (secondary N) is 2. The van der Waals surface area contributed by atoms with E-state index in [4.69, 9.17) is 5.84 Å². The number of nitro groups is 1. The van der Waals surface area contributed by atoms with Crippen molar-refractivity contribution in [1.29, 1.82) is 0 Å². The van der Waals surface area contributed by atoms with Crippen LogP contribution < -0.4 is 16.0 Å². The Balaban J connectivity index is 3.21. The average Bonchev–Trinajstić information content (AvgIpc) is 2.36. The van der Waals surface area contributed by atoms with Gasteiger partial charge in [0.15, 0.2) is 0 Å². The van der Waals surface area contributed by atoms with Crippen molar-refractivity contribution in [3.05, 3.63) is 28.3 Å². The topological polar surface area (TPSA) is 127 Å². The van der Waals surface area contributed by atoms with Crippen LogP contribution in [-0.2, 0) is 10.0 Å². The molecule has 0 aliphatic rings. The molecule has 0 saturated heterocycles. The van der Waals surface area contributed by atoms with Crippen LogP contribution in [-0.4, -0.2) is 18.9 Å². The highest BCUT2D eigenvalue weighted by molar-refractivity contribution is 7.89. The van der Waals surface area contributed by atoms with Crippen molar-refractivity contribution in [2.24, 2.45) is 5.84 Å². The Hall–Kier alpha value is -1.71. The standard InChI is InChI=1S/C12H20N4O4S/c1-4-7-12(2,3)15-21(19,20)9-5-6-10(14-13)11(8-9)16(17)18/h5-6,8,14-15H,4,7,13H2,1-3H3. The van der Waals surface area contributed by atoms with Gasteiger partial charge in [0, 0.05) is 11.6 Å². The van der Waals surface area contributed by atoms with E-state index in [2.05, 4.69) is 10.1 Å². The fraction of sp³-hybridized carbons (Fsp3) is 0.500. The van der Waals surface area contributed by atoms with Crippen LogP contribution in [0.3, 0.4) is 0 Å². The SMILES string of the molecule is CCCC(C)(C)NS(=O)(=O)c1ccc(NN)c([N+](=O)[O-])c1. The lowest BCUT2D eigenvalue weighted by molar-refractivity contribution is -0.384. The van der Waals surface area contributed by atoms with E-state index in [0.29, 0.717) is 6.42 Å². The van der Waals surface area contributed by atoms with Gasteiger partial charge >= 0.3 is 0 Å². The molecular weight excluding hydrogens is 296 g/mol. The molecule has 0 saturated carbocycles. The van der Waals surface area contributed by atoms with Crippen LogP contribution in [0.2, 0.25) is 0 Å². The Labute approximate surface area is 123 Å². The van der Waals surface area contributed by atoms with Gasteiger partial charge in [-0.2, -0.15) is 0 Å². The number of nitrogen functional groups attached to an aromatic ring is 1. The Morgan fingerprint density at radius 2 is 2.00 bits per heavy atom. The van der Waals surface area contributed by atoms with Gasteiger partial charge < -0.3 is 5.43 Å². The minimum atomic E-state index is -3.84. The molecule has 1 rings (SSSR count). The number of anilines is 1. The molecule has 0 heterocycles. The minimum Gasteiger partial charge on any atom is -0.318 e. The Morgan fingerprint density at radius 3 is 2.48 bits per heavy atom. The molecule has 0 atom stereocenters. The Morgan fingerprint density at radius 1 is 1.38 bits per heavy atom. The molecule has 0 spiro atoms. The molecule has 0 unspecified atom stereocenters. The summed E-state index contributed by atoms with van der Waals surface area (Å²) in [5, 5.41) is 10.9. The first-order valence-corrected chi connectivity index (χ1v) is 7.90. The lowest BCUT2D eigenvalue weighted by Gasteiger charge is -2.25. The fourth-order valence-corrected chi connectivity index (χ4v) is 3.51. The lowest BCUT2D eigenvalue weighted by Crippen LogP contribution is -2.43. The second kappa shape index (κ2) is 6.37. The number of hydrogen-bond donors (Lipinski definition) is 3. The first-order chi connectivity index (χ1) is 9.63. The van der Waals surface area contributed by atoms with Gasteiger partial charge in [0.05, 0.1) is 9.82 Å². The maximum atomic E-state index is 12.3. The van der Waals surface area contributed by atoms with Crippen molar-refractivity contribution < 1.29 is 13.3 Å². The second-order valence-corrected chi connectivity index (χ2v) is 7.00. The maximum Gasteiger partial charge on any atom is 0.294 e. The van der Waals surface area contributed by atoms with Gasteiger partial charge in [-0.1, -0.05) is 13.3 Å². The maximum absolute atomic E-state index is 12.3. The largest absolute Gasteiger partial charge is 0.318 e. The van der Waals surface area contributed by atoms with E-state index in [1.54, 1.807) is 13.8 Å². The van der Waals surface area contributed by atoms with E-state index < -0.39 is 26.2 Å². The van der Waals surface area contributed by atoms with Crippen LogP contribution in [0.25, 0.3) is 0 Å². The van der Waals surface area contributed by atoms with E-state index in [1.165, 1.54) is 12.1 Å². The summed E-state index contributed by atoms with van der Waals surface area (Å²) in [5.41, 5.74) is 1.19. The smallest absolute Gasteiger partial charge is 0.294 e. The number of rotatable bonds is 7. The van der Waals surface area contributed by atoms with Crippen molar-refractivity contribution in [1.82, 2.24) is 4.72 Å². The minimum absolute atomic E-state index is 0.0479. The summed E-state index contributed by atoms with van der Waals surface area (Å²) in [6.07, 6.45) is 1.46. The number of nitro benzene ring substituents is 1. The Bertz CT molecular complexity index is 628. The van der Waals surface area contributed by atoms with Crippen LogP contribution in [0.1, 0.15) is 33.6 Å². The summed E-state index contributed by atoms with van der Waals surface area (Å²) >= 11 is 0. The molecule has 0 amide bonds. The molecule has 0 fully saturated rings. The van der Waals surface area contributed by atoms with Crippen molar-refractivity contribution in [3.8, 4) is 0 Å². The summed E-state index contributed by atoms with van der Waals surface area (Å²) < 4.78 is 27.2. The highest BCUT2D eigenvalue weighted by Gasteiger charge is 2.27. The first-order valence-electron chi connectivity index (χ1n) is 6.42. The number of hydrogen-bond acceptors (Lipinski definition) is 6. The molecule has 118 valence electrons. The van der Waals surface area contributed by atoms with Gasteiger partial charge in [0.2, 0.25) is 10.0 Å². The Kier molecular flexibility index (Phi) is 5.26.